The summed E-state index contributed by atoms with van der Waals surface area (Å²) in [5, 5.41) is 24.7. The third kappa shape index (κ3) is 5.24. The van der Waals surface area contributed by atoms with E-state index in [4.69, 9.17) is 21.6 Å². The van der Waals surface area contributed by atoms with Crippen molar-refractivity contribution in [3.05, 3.63) is 50.7 Å². The Hall–Kier alpha value is -2.31. The zero-order chi connectivity index (χ0) is 22.6. The van der Waals surface area contributed by atoms with Crippen molar-refractivity contribution in [1.82, 2.24) is 5.06 Å². The number of carbonyl (C=O) groups excluding carboxylic acids is 1. The van der Waals surface area contributed by atoms with Gasteiger partial charge in [0.05, 0.1) is 6.21 Å². The number of oxime groups is 1. The molecule has 0 bridgehead atoms. The first-order chi connectivity index (χ1) is 14.0. The first-order valence-corrected chi connectivity index (χ1v) is 10.4. The molecule has 1 aliphatic rings. The molecule has 7 heteroatoms. The molecule has 0 atom stereocenters. The van der Waals surface area contributed by atoms with E-state index < -0.39 is 5.60 Å². The molecule has 0 aliphatic carbocycles. The number of carbonyl (C=O) groups is 1. The number of nitrogens with zero attached hydrogens (tertiary/aromatic N) is 2. The molecule has 1 saturated heterocycles. The Kier molecular flexibility index (Phi) is 7.72. The first kappa shape index (κ1) is 24.0. The average Bonchev–Trinajstić information content (AvgIpc) is 2.96. The van der Waals surface area contributed by atoms with Crippen LogP contribution in [0.25, 0.3) is 0 Å². The number of hydrogen-bond acceptors (Lipinski definition) is 6. The first-order valence-electron chi connectivity index (χ1n) is 9.99. The molecule has 1 fully saturated rings. The smallest absolute Gasteiger partial charge is 0.188 e. The molecule has 2 rings (SSSR count). The predicted octanol–water partition coefficient (Wildman–Crippen LogP) is 5.24. The summed E-state index contributed by atoms with van der Waals surface area (Å²) in [7, 11) is 0. The van der Waals surface area contributed by atoms with Crippen molar-refractivity contribution in [3.8, 4) is 5.75 Å². The van der Waals surface area contributed by atoms with Crippen LogP contribution in [0.2, 0.25) is 5.02 Å². The Morgan fingerprint density at radius 3 is 2.50 bits per heavy atom. The molecule has 164 valence electrons. The Balaban J connectivity index is 2.05. The fourth-order valence-corrected chi connectivity index (χ4v) is 3.60. The molecule has 0 radical (unpaired) electrons. The van der Waals surface area contributed by atoms with Gasteiger partial charge in [0.1, 0.15) is 12.3 Å². The maximum atomic E-state index is 11.9. The van der Waals surface area contributed by atoms with Crippen LogP contribution in [-0.2, 0) is 16.1 Å². The largest absolute Gasteiger partial charge is 0.507 e. The number of aromatic hydroxyl groups is 1. The molecule has 0 saturated carbocycles. The fourth-order valence-electron chi connectivity index (χ4n) is 3.38. The van der Waals surface area contributed by atoms with Gasteiger partial charge in [-0.3, -0.25) is 14.7 Å². The van der Waals surface area contributed by atoms with Crippen molar-refractivity contribution in [2.45, 2.75) is 66.4 Å². The van der Waals surface area contributed by atoms with Gasteiger partial charge in [-0.2, -0.15) is 0 Å². The number of benzene rings is 1. The lowest BCUT2D eigenvalue weighted by atomic mass is 9.95. The van der Waals surface area contributed by atoms with E-state index in [-0.39, 0.29) is 18.1 Å². The van der Waals surface area contributed by atoms with Crippen LogP contribution in [0.5, 0.6) is 5.75 Å². The number of Topliss-reactive ketones (excluding diaryl/α,β-unsaturated/α-hetero) is 1. The Morgan fingerprint density at radius 1 is 1.27 bits per heavy atom. The number of rotatable bonds is 7. The second-order valence-electron chi connectivity index (χ2n) is 8.25. The van der Waals surface area contributed by atoms with Gasteiger partial charge < -0.3 is 10.3 Å². The maximum absolute atomic E-state index is 11.9. The summed E-state index contributed by atoms with van der Waals surface area (Å²) >= 11 is 6.40. The lowest BCUT2D eigenvalue weighted by Crippen LogP contribution is -2.28. The van der Waals surface area contributed by atoms with Crippen LogP contribution in [0.4, 0.5) is 0 Å². The second kappa shape index (κ2) is 9.67. The van der Waals surface area contributed by atoms with Crippen molar-refractivity contribution < 1.29 is 19.9 Å². The van der Waals surface area contributed by atoms with Crippen LogP contribution in [0.3, 0.4) is 0 Å². The molecule has 6 nitrogen and oxygen atoms in total. The second-order valence-corrected chi connectivity index (χ2v) is 8.63. The van der Waals surface area contributed by atoms with Gasteiger partial charge in [-0.25, -0.2) is 0 Å². The molecule has 1 aromatic rings. The molecule has 0 spiro atoms. The summed E-state index contributed by atoms with van der Waals surface area (Å²) in [4.78, 5) is 17.6. The van der Waals surface area contributed by atoms with Crippen LogP contribution in [-0.4, -0.2) is 39.5 Å². The van der Waals surface area contributed by atoms with Gasteiger partial charge in [0.15, 0.2) is 11.4 Å². The van der Waals surface area contributed by atoms with E-state index in [1.807, 2.05) is 20.8 Å². The van der Waals surface area contributed by atoms with Crippen molar-refractivity contribution >= 4 is 23.6 Å². The van der Waals surface area contributed by atoms with E-state index >= 15 is 0 Å². The molecule has 1 heterocycles. The van der Waals surface area contributed by atoms with Crippen LogP contribution in [0, 0.1) is 13.8 Å². The molecule has 1 aromatic carbocycles. The molecule has 0 aromatic heterocycles. The monoisotopic (exact) mass is 434 g/mol. The lowest BCUT2D eigenvalue weighted by molar-refractivity contribution is -0.163. The summed E-state index contributed by atoms with van der Waals surface area (Å²) in [6, 6.07) is 0. The van der Waals surface area contributed by atoms with Crippen LogP contribution >= 0.6 is 11.6 Å². The number of phenols is 1. The van der Waals surface area contributed by atoms with Crippen molar-refractivity contribution in [2.75, 3.05) is 6.54 Å². The summed E-state index contributed by atoms with van der Waals surface area (Å²) in [5.41, 5.74) is 3.98. The highest BCUT2D eigenvalue weighted by Crippen LogP contribution is 2.35. The van der Waals surface area contributed by atoms with E-state index in [1.54, 1.807) is 25.8 Å². The number of phenolic OH excluding ortho intramolecular Hbond substituents is 1. The topological polar surface area (TPSA) is 82.4 Å². The normalized spacial score (nSPS) is 17.4. The summed E-state index contributed by atoms with van der Waals surface area (Å²) in [6.07, 6.45) is 7.51. The van der Waals surface area contributed by atoms with Gasteiger partial charge in [0, 0.05) is 21.8 Å². The van der Waals surface area contributed by atoms with Crippen molar-refractivity contribution in [2.24, 2.45) is 5.16 Å². The standard InChI is InChI=1S/C23H31ClN2O4/c1-14(8-7-9-15(2)26-13-20(27)23(5,6)30-26)10-11-18-16(3)21(24)17(4)19(12-25-29)22(18)28/h9-10,12,28-29H,7-8,11,13H2,1-6H3/b14-10+,15-9+,25-12+. The molecule has 30 heavy (non-hydrogen) atoms. The minimum absolute atomic E-state index is 0.0730. The zero-order valence-electron chi connectivity index (χ0n) is 18.5. The molecule has 0 unspecified atom stereocenters. The quantitative estimate of drug-likeness (QED) is 0.265. The molecule has 1 aliphatic heterocycles. The summed E-state index contributed by atoms with van der Waals surface area (Å²) in [6.45, 7) is 11.5. The molecular weight excluding hydrogens is 404 g/mol. The number of ketones is 1. The lowest BCUT2D eigenvalue weighted by Gasteiger charge is -2.20. The number of allylic oxidation sites excluding steroid dienone is 4. The summed E-state index contributed by atoms with van der Waals surface area (Å²) in [5.74, 6) is 0.161. The van der Waals surface area contributed by atoms with Crippen LogP contribution < -0.4 is 0 Å². The summed E-state index contributed by atoms with van der Waals surface area (Å²) < 4.78 is 0. The SMILES string of the molecule is C/C(=C\Cc1c(C)c(Cl)c(C)c(/C=N/O)c1O)CC/C=C(\C)N1CC(=O)C(C)(C)O1. The highest BCUT2D eigenvalue weighted by molar-refractivity contribution is 6.32. The maximum Gasteiger partial charge on any atom is 0.188 e. The number of hydrogen-bond donors (Lipinski definition) is 2. The number of hydroxylamine groups is 2. The van der Waals surface area contributed by atoms with Gasteiger partial charge in [-0.05, 0) is 71.9 Å². The third-order valence-corrected chi connectivity index (χ3v) is 6.13. The minimum Gasteiger partial charge on any atom is -0.507 e. The van der Waals surface area contributed by atoms with Crippen molar-refractivity contribution in [1.29, 1.82) is 0 Å². The van der Waals surface area contributed by atoms with E-state index in [9.17, 15) is 9.90 Å². The Labute approximate surface area is 183 Å². The highest BCUT2D eigenvalue weighted by atomic mass is 35.5. The van der Waals surface area contributed by atoms with Gasteiger partial charge >= 0.3 is 0 Å². The highest BCUT2D eigenvalue weighted by Gasteiger charge is 2.39. The van der Waals surface area contributed by atoms with Gasteiger partial charge in [0.25, 0.3) is 0 Å². The minimum atomic E-state index is -0.764. The van der Waals surface area contributed by atoms with E-state index in [0.717, 1.165) is 29.7 Å². The van der Waals surface area contributed by atoms with Gasteiger partial charge in [-0.15, -0.1) is 0 Å². The van der Waals surface area contributed by atoms with Gasteiger partial charge in [0.2, 0.25) is 0 Å². The Morgan fingerprint density at radius 2 is 1.93 bits per heavy atom. The zero-order valence-corrected chi connectivity index (χ0v) is 19.3. The van der Waals surface area contributed by atoms with Crippen LogP contribution in [0.15, 0.2) is 28.6 Å². The molecule has 2 N–H and O–H groups in total. The van der Waals surface area contributed by atoms with Gasteiger partial charge in [-0.1, -0.05) is 34.5 Å². The van der Waals surface area contributed by atoms with Crippen LogP contribution in [0.1, 0.15) is 62.8 Å². The van der Waals surface area contributed by atoms with Crippen molar-refractivity contribution in [3.63, 3.8) is 0 Å². The predicted molar refractivity (Wildman–Crippen MR) is 119 cm³/mol. The Bertz CT molecular complexity index is 917. The van der Waals surface area contributed by atoms with E-state index in [2.05, 4.69) is 17.3 Å². The fraction of sp³-hybridized carbons (Fsp3) is 0.478. The van der Waals surface area contributed by atoms with E-state index in [1.165, 1.54) is 11.8 Å². The number of halogens is 1. The molecule has 0 amide bonds. The molecular formula is C23H31ClN2O4. The average molecular weight is 435 g/mol. The van der Waals surface area contributed by atoms with E-state index in [0.29, 0.717) is 22.6 Å². The third-order valence-electron chi connectivity index (χ3n) is 5.57.